The van der Waals surface area contributed by atoms with Crippen LogP contribution in [0, 0.1) is 0 Å². The molecular weight excluding hydrogens is 252 g/mol. The van der Waals surface area contributed by atoms with Gasteiger partial charge >= 0.3 is 0 Å². The fourth-order valence-electron chi connectivity index (χ4n) is 2.67. The zero-order valence-corrected chi connectivity index (χ0v) is 12.1. The van der Waals surface area contributed by atoms with Crippen molar-refractivity contribution in [1.82, 2.24) is 4.90 Å². The smallest absolute Gasteiger partial charge is 0.223 e. The number of rotatable bonds is 4. The molecule has 4 heteroatoms. The van der Waals surface area contributed by atoms with Crippen LogP contribution in [-0.4, -0.2) is 41.1 Å². The third kappa shape index (κ3) is 3.58. The minimum Gasteiger partial charge on any atom is -0.388 e. The van der Waals surface area contributed by atoms with Gasteiger partial charge in [0.1, 0.15) is 0 Å². The van der Waals surface area contributed by atoms with Gasteiger partial charge in [0.25, 0.3) is 0 Å². The van der Waals surface area contributed by atoms with Crippen molar-refractivity contribution in [3.05, 3.63) is 35.9 Å². The lowest BCUT2D eigenvalue weighted by atomic mass is 9.90. The first-order chi connectivity index (χ1) is 9.54. The number of likely N-dealkylation sites (tertiary alicyclic amines) is 1. The maximum atomic E-state index is 12.3. The molecule has 20 heavy (non-hydrogen) atoms. The SMILES string of the molecule is CC(CC(=O)N1CCC(O)(CN)CC1)c1ccccc1. The molecule has 0 radical (unpaired) electrons. The summed E-state index contributed by atoms with van der Waals surface area (Å²) < 4.78 is 0. The highest BCUT2D eigenvalue weighted by molar-refractivity contribution is 5.77. The highest BCUT2D eigenvalue weighted by atomic mass is 16.3. The predicted octanol–water partition coefficient (Wildman–Crippen LogP) is 1.49. The van der Waals surface area contributed by atoms with E-state index in [1.807, 2.05) is 23.1 Å². The Labute approximate surface area is 120 Å². The highest BCUT2D eigenvalue weighted by Gasteiger charge is 2.32. The molecule has 1 unspecified atom stereocenters. The van der Waals surface area contributed by atoms with Gasteiger partial charge in [0.05, 0.1) is 5.60 Å². The van der Waals surface area contributed by atoms with E-state index >= 15 is 0 Å². The molecule has 0 aliphatic carbocycles. The molecule has 1 aliphatic rings. The van der Waals surface area contributed by atoms with Gasteiger partial charge in [0.2, 0.25) is 5.91 Å². The third-order valence-corrected chi connectivity index (χ3v) is 4.28. The van der Waals surface area contributed by atoms with E-state index in [0.717, 1.165) is 0 Å². The number of nitrogens with zero attached hydrogens (tertiary/aromatic N) is 1. The molecule has 110 valence electrons. The minimum atomic E-state index is -0.776. The van der Waals surface area contributed by atoms with Crippen LogP contribution in [0.3, 0.4) is 0 Å². The Morgan fingerprint density at radius 2 is 1.95 bits per heavy atom. The summed E-state index contributed by atoms with van der Waals surface area (Å²) in [5.74, 6) is 0.388. The number of hydrogen-bond acceptors (Lipinski definition) is 3. The molecule has 3 N–H and O–H groups in total. The van der Waals surface area contributed by atoms with Gasteiger partial charge in [-0.15, -0.1) is 0 Å². The summed E-state index contributed by atoms with van der Waals surface area (Å²) in [6.07, 6.45) is 1.68. The van der Waals surface area contributed by atoms with Crippen LogP contribution in [-0.2, 0) is 4.79 Å². The molecule has 1 saturated heterocycles. The van der Waals surface area contributed by atoms with E-state index in [1.54, 1.807) is 0 Å². The molecule has 1 heterocycles. The molecule has 0 saturated carbocycles. The van der Waals surface area contributed by atoms with Crippen LogP contribution < -0.4 is 5.73 Å². The fourth-order valence-corrected chi connectivity index (χ4v) is 2.67. The van der Waals surface area contributed by atoms with Gasteiger partial charge < -0.3 is 15.7 Å². The van der Waals surface area contributed by atoms with E-state index in [-0.39, 0.29) is 18.4 Å². The zero-order valence-electron chi connectivity index (χ0n) is 12.1. The number of nitrogens with two attached hydrogens (primary N) is 1. The van der Waals surface area contributed by atoms with Crippen molar-refractivity contribution in [1.29, 1.82) is 0 Å². The maximum absolute atomic E-state index is 12.3. The summed E-state index contributed by atoms with van der Waals surface area (Å²) in [6, 6.07) is 10.1. The molecule has 2 rings (SSSR count). The molecule has 0 aromatic heterocycles. The van der Waals surface area contributed by atoms with Crippen LogP contribution in [0.25, 0.3) is 0 Å². The molecule has 0 spiro atoms. The number of carbonyl (C=O) groups excluding carboxylic acids is 1. The van der Waals surface area contributed by atoms with E-state index < -0.39 is 5.60 Å². The first kappa shape index (κ1) is 15.0. The van der Waals surface area contributed by atoms with Crippen molar-refractivity contribution >= 4 is 5.91 Å². The van der Waals surface area contributed by atoms with Crippen molar-refractivity contribution in [2.24, 2.45) is 5.73 Å². The minimum absolute atomic E-state index is 0.167. The lowest BCUT2D eigenvalue weighted by Crippen LogP contribution is -2.50. The average molecular weight is 276 g/mol. The second kappa shape index (κ2) is 6.37. The Kier molecular flexibility index (Phi) is 4.78. The first-order valence-electron chi connectivity index (χ1n) is 7.29. The van der Waals surface area contributed by atoms with Crippen LogP contribution in [0.2, 0.25) is 0 Å². The summed E-state index contributed by atoms with van der Waals surface area (Å²) in [5, 5.41) is 10.1. The Morgan fingerprint density at radius 1 is 1.35 bits per heavy atom. The van der Waals surface area contributed by atoms with Crippen LogP contribution >= 0.6 is 0 Å². The van der Waals surface area contributed by atoms with E-state index in [1.165, 1.54) is 5.56 Å². The molecule has 1 aromatic carbocycles. The van der Waals surface area contributed by atoms with Crippen LogP contribution in [0.5, 0.6) is 0 Å². The molecule has 1 atom stereocenters. The first-order valence-corrected chi connectivity index (χ1v) is 7.29. The number of aliphatic hydroxyl groups is 1. The summed E-state index contributed by atoms with van der Waals surface area (Å²) in [4.78, 5) is 14.1. The molecule has 1 amide bonds. The van der Waals surface area contributed by atoms with Crippen molar-refractivity contribution in [3.8, 4) is 0 Å². The van der Waals surface area contributed by atoms with Crippen LogP contribution in [0.4, 0.5) is 0 Å². The highest BCUT2D eigenvalue weighted by Crippen LogP contribution is 2.24. The van der Waals surface area contributed by atoms with E-state index in [4.69, 9.17) is 5.73 Å². The quantitative estimate of drug-likeness (QED) is 0.875. The average Bonchev–Trinajstić information content (AvgIpc) is 2.48. The summed E-state index contributed by atoms with van der Waals surface area (Å²) >= 11 is 0. The van der Waals surface area contributed by atoms with Crippen molar-refractivity contribution in [2.45, 2.75) is 37.7 Å². The van der Waals surface area contributed by atoms with Gasteiger partial charge in [-0.3, -0.25) is 4.79 Å². The number of benzene rings is 1. The molecule has 0 bridgehead atoms. The number of piperidine rings is 1. The predicted molar refractivity (Wildman–Crippen MR) is 79.3 cm³/mol. The lowest BCUT2D eigenvalue weighted by Gasteiger charge is -2.37. The Morgan fingerprint density at radius 3 is 2.50 bits per heavy atom. The molecule has 1 aromatic rings. The monoisotopic (exact) mass is 276 g/mol. The standard InChI is InChI=1S/C16H24N2O2/c1-13(14-5-3-2-4-6-14)11-15(19)18-9-7-16(20,12-17)8-10-18/h2-6,13,20H,7-12,17H2,1H3. The molecule has 4 nitrogen and oxygen atoms in total. The van der Waals surface area contributed by atoms with E-state index in [0.29, 0.717) is 32.4 Å². The summed E-state index contributed by atoms with van der Waals surface area (Å²) in [7, 11) is 0. The lowest BCUT2D eigenvalue weighted by molar-refractivity contribution is -0.135. The van der Waals surface area contributed by atoms with Crippen LogP contribution in [0.1, 0.15) is 37.7 Å². The normalized spacial score (nSPS) is 19.6. The van der Waals surface area contributed by atoms with Gasteiger partial charge in [-0.2, -0.15) is 0 Å². The topological polar surface area (TPSA) is 66.6 Å². The third-order valence-electron chi connectivity index (χ3n) is 4.28. The second-order valence-corrected chi connectivity index (χ2v) is 5.83. The van der Waals surface area contributed by atoms with Gasteiger partial charge in [-0.25, -0.2) is 0 Å². The van der Waals surface area contributed by atoms with Crippen molar-refractivity contribution in [3.63, 3.8) is 0 Å². The van der Waals surface area contributed by atoms with Gasteiger partial charge in [-0.1, -0.05) is 37.3 Å². The Bertz CT molecular complexity index is 439. The number of amides is 1. The van der Waals surface area contributed by atoms with Crippen molar-refractivity contribution < 1.29 is 9.90 Å². The number of carbonyl (C=O) groups is 1. The van der Waals surface area contributed by atoms with Gasteiger partial charge in [0, 0.05) is 26.1 Å². The van der Waals surface area contributed by atoms with E-state index in [9.17, 15) is 9.90 Å². The molecule has 1 fully saturated rings. The summed E-state index contributed by atoms with van der Waals surface area (Å²) in [6.45, 7) is 3.56. The molecule has 1 aliphatic heterocycles. The number of hydrogen-bond donors (Lipinski definition) is 2. The second-order valence-electron chi connectivity index (χ2n) is 5.83. The fraction of sp³-hybridized carbons (Fsp3) is 0.562. The Balaban J connectivity index is 1.87. The van der Waals surface area contributed by atoms with E-state index in [2.05, 4.69) is 19.1 Å². The van der Waals surface area contributed by atoms with Crippen molar-refractivity contribution in [2.75, 3.05) is 19.6 Å². The Hall–Kier alpha value is -1.39. The van der Waals surface area contributed by atoms with Crippen LogP contribution in [0.15, 0.2) is 30.3 Å². The van der Waals surface area contributed by atoms with Gasteiger partial charge in [-0.05, 0) is 24.3 Å². The summed E-state index contributed by atoms with van der Waals surface area (Å²) in [5.41, 5.74) is 5.98. The largest absolute Gasteiger partial charge is 0.388 e. The molecular formula is C16H24N2O2. The zero-order chi connectivity index (χ0) is 14.6. The maximum Gasteiger partial charge on any atom is 0.223 e. The van der Waals surface area contributed by atoms with Gasteiger partial charge in [0.15, 0.2) is 0 Å².